The summed E-state index contributed by atoms with van der Waals surface area (Å²) in [5, 5.41) is 6.13. The molecule has 29 heavy (non-hydrogen) atoms. The van der Waals surface area contributed by atoms with E-state index in [4.69, 9.17) is 11.6 Å². The second-order valence-corrected chi connectivity index (χ2v) is 8.57. The number of imide groups is 1. The molecule has 2 N–H and O–H groups in total. The third-order valence-electron chi connectivity index (χ3n) is 4.71. The number of benzene rings is 2. The van der Waals surface area contributed by atoms with Crippen LogP contribution in [-0.2, 0) is 15.1 Å². The number of aryl methyl sites for hydroxylation is 1. The van der Waals surface area contributed by atoms with Crippen molar-refractivity contribution < 1.29 is 14.4 Å². The van der Waals surface area contributed by atoms with Crippen LogP contribution >= 0.6 is 23.4 Å². The molecule has 1 aliphatic rings. The van der Waals surface area contributed by atoms with Crippen LogP contribution in [0.3, 0.4) is 0 Å². The van der Waals surface area contributed by atoms with E-state index in [0.717, 1.165) is 15.4 Å². The molecule has 0 bridgehead atoms. The summed E-state index contributed by atoms with van der Waals surface area (Å²) in [6.07, 6.45) is 0. The van der Waals surface area contributed by atoms with Crippen LogP contribution in [0.15, 0.2) is 53.4 Å². The minimum Gasteiger partial charge on any atom is -0.354 e. The lowest BCUT2D eigenvalue weighted by molar-refractivity contribution is -0.134. The summed E-state index contributed by atoms with van der Waals surface area (Å²) in [5.74, 6) is -0.149. The predicted octanol–water partition coefficient (Wildman–Crippen LogP) is 3.32. The smallest absolute Gasteiger partial charge is 0.325 e. The molecule has 2 aromatic carbocycles. The number of carbonyl (C=O) groups is 3. The standard InChI is InChI=1S/C21H22ClN3O3S/c1-14-3-5-15(6-4-14)21(2)19(27)25(20(28)24-21)13-18(26)23-11-12-29-17-9-7-16(22)8-10-17/h3-10H,11-13H2,1-2H3,(H,23,26)(H,24,28). The van der Waals surface area contributed by atoms with Crippen LogP contribution in [-0.4, -0.2) is 41.6 Å². The van der Waals surface area contributed by atoms with E-state index in [-0.39, 0.29) is 12.5 Å². The third kappa shape index (κ3) is 4.92. The lowest BCUT2D eigenvalue weighted by Crippen LogP contribution is -2.43. The van der Waals surface area contributed by atoms with Gasteiger partial charge in [0.2, 0.25) is 5.91 Å². The number of halogens is 1. The van der Waals surface area contributed by atoms with Gasteiger partial charge in [-0.25, -0.2) is 4.79 Å². The molecular weight excluding hydrogens is 410 g/mol. The molecule has 0 aromatic heterocycles. The zero-order valence-electron chi connectivity index (χ0n) is 16.2. The van der Waals surface area contributed by atoms with E-state index in [2.05, 4.69) is 10.6 Å². The summed E-state index contributed by atoms with van der Waals surface area (Å²) in [5.41, 5.74) is 0.570. The van der Waals surface area contributed by atoms with E-state index in [0.29, 0.717) is 22.9 Å². The number of thioether (sulfide) groups is 1. The Kier molecular flexibility index (Phi) is 6.49. The topological polar surface area (TPSA) is 78.5 Å². The number of rotatable bonds is 7. The molecule has 0 saturated carbocycles. The van der Waals surface area contributed by atoms with Gasteiger partial charge in [0.15, 0.2) is 0 Å². The summed E-state index contributed by atoms with van der Waals surface area (Å²) >= 11 is 7.43. The molecule has 0 aliphatic carbocycles. The molecule has 0 spiro atoms. The predicted molar refractivity (Wildman–Crippen MR) is 114 cm³/mol. The average Bonchev–Trinajstić information content (AvgIpc) is 2.91. The Morgan fingerprint density at radius 3 is 2.45 bits per heavy atom. The Balaban J connectivity index is 1.52. The minimum absolute atomic E-state index is 0.308. The summed E-state index contributed by atoms with van der Waals surface area (Å²) in [6.45, 7) is 3.71. The first-order valence-electron chi connectivity index (χ1n) is 9.16. The molecule has 1 saturated heterocycles. The summed E-state index contributed by atoms with van der Waals surface area (Å²) < 4.78 is 0. The second-order valence-electron chi connectivity index (χ2n) is 6.96. The van der Waals surface area contributed by atoms with Crippen molar-refractivity contribution in [2.45, 2.75) is 24.3 Å². The zero-order chi connectivity index (χ0) is 21.0. The Hall–Kier alpha value is -2.51. The fourth-order valence-electron chi connectivity index (χ4n) is 3.01. The van der Waals surface area contributed by atoms with Crippen LogP contribution in [0, 0.1) is 6.92 Å². The van der Waals surface area contributed by atoms with E-state index in [1.807, 2.05) is 55.5 Å². The van der Waals surface area contributed by atoms with Gasteiger partial charge >= 0.3 is 6.03 Å². The fraction of sp³-hybridized carbons (Fsp3) is 0.286. The highest BCUT2D eigenvalue weighted by molar-refractivity contribution is 7.99. The third-order valence-corrected chi connectivity index (χ3v) is 5.98. The number of hydrogen-bond donors (Lipinski definition) is 2. The number of nitrogens with one attached hydrogen (secondary N) is 2. The quantitative estimate of drug-likeness (QED) is 0.400. The van der Waals surface area contributed by atoms with Crippen molar-refractivity contribution in [2.24, 2.45) is 0 Å². The van der Waals surface area contributed by atoms with Crippen molar-refractivity contribution >= 4 is 41.2 Å². The van der Waals surface area contributed by atoms with E-state index in [1.54, 1.807) is 18.7 Å². The monoisotopic (exact) mass is 431 g/mol. The van der Waals surface area contributed by atoms with Gasteiger partial charge in [-0.3, -0.25) is 14.5 Å². The van der Waals surface area contributed by atoms with Gasteiger partial charge in [0.25, 0.3) is 5.91 Å². The lowest BCUT2D eigenvalue weighted by atomic mass is 9.91. The molecule has 0 radical (unpaired) electrons. The maximum Gasteiger partial charge on any atom is 0.325 e. The largest absolute Gasteiger partial charge is 0.354 e. The number of hydrogen-bond acceptors (Lipinski definition) is 4. The summed E-state index contributed by atoms with van der Waals surface area (Å²) in [6, 6.07) is 14.3. The average molecular weight is 432 g/mol. The van der Waals surface area contributed by atoms with E-state index in [9.17, 15) is 14.4 Å². The molecule has 4 amide bonds. The van der Waals surface area contributed by atoms with Crippen LogP contribution in [0.2, 0.25) is 5.02 Å². The van der Waals surface area contributed by atoms with Gasteiger partial charge in [0.05, 0.1) is 0 Å². The first-order valence-corrected chi connectivity index (χ1v) is 10.5. The Bertz CT molecular complexity index is 918. The first kappa shape index (κ1) is 21.2. The number of nitrogens with zero attached hydrogens (tertiary/aromatic N) is 1. The Morgan fingerprint density at radius 1 is 1.14 bits per heavy atom. The van der Waals surface area contributed by atoms with Crippen LogP contribution < -0.4 is 10.6 Å². The van der Waals surface area contributed by atoms with Crippen LogP contribution in [0.4, 0.5) is 4.79 Å². The highest BCUT2D eigenvalue weighted by atomic mass is 35.5. The van der Waals surface area contributed by atoms with Crippen molar-refractivity contribution in [1.82, 2.24) is 15.5 Å². The van der Waals surface area contributed by atoms with Gasteiger partial charge in [0, 0.05) is 22.2 Å². The van der Waals surface area contributed by atoms with Gasteiger partial charge in [-0.1, -0.05) is 41.4 Å². The van der Waals surface area contributed by atoms with Gasteiger partial charge in [-0.05, 0) is 43.7 Å². The maximum atomic E-state index is 12.8. The lowest BCUT2D eigenvalue weighted by Gasteiger charge is -2.22. The molecule has 1 unspecified atom stereocenters. The van der Waals surface area contributed by atoms with Crippen LogP contribution in [0.25, 0.3) is 0 Å². The molecule has 1 heterocycles. The van der Waals surface area contributed by atoms with Crippen molar-refractivity contribution in [3.05, 3.63) is 64.7 Å². The molecule has 8 heteroatoms. The van der Waals surface area contributed by atoms with Crippen molar-refractivity contribution in [1.29, 1.82) is 0 Å². The van der Waals surface area contributed by atoms with Crippen molar-refractivity contribution in [3.63, 3.8) is 0 Å². The molecule has 152 valence electrons. The SMILES string of the molecule is Cc1ccc(C2(C)NC(=O)N(CC(=O)NCCSc3ccc(Cl)cc3)C2=O)cc1. The van der Waals surface area contributed by atoms with Gasteiger partial charge in [-0.15, -0.1) is 11.8 Å². The second kappa shape index (κ2) is 8.88. The summed E-state index contributed by atoms with van der Waals surface area (Å²) in [7, 11) is 0. The van der Waals surface area contributed by atoms with E-state index >= 15 is 0 Å². The van der Waals surface area contributed by atoms with Gasteiger partial charge in [0.1, 0.15) is 12.1 Å². The molecule has 2 aromatic rings. The van der Waals surface area contributed by atoms with Gasteiger partial charge in [-0.2, -0.15) is 0 Å². The molecular formula is C21H22ClN3O3S. The normalized spacial score (nSPS) is 18.7. The highest BCUT2D eigenvalue weighted by Gasteiger charge is 2.49. The Labute approximate surface area is 179 Å². The van der Waals surface area contributed by atoms with Crippen LogP contribution in [0.5, 0.6) is 0 Å². The van der Waals surface area contributed by atoms with Crippen molar-refractivity contribution in [2.75, 3.05) is 18.8 Å². The molecule has 1 aliphatic heterocycles. The highest BCUT2D eigenvalue weighted by Crippen LogP contribution is 2.28. The zero-order valence-corrected chi connectivity index (χ0v) is 17.8. The van der Waals surface area contributed by atoms with Crippen LogP contribution in [0.1, 0.15) is 18.1 Å². The maximum absolute atomic E-state index is 12.8. The Morgan fingerprint density at radius 2 is 1.79 bits per heavy atom. The summed E-state index contributed by atoms with van der Waals surface area (Å²) in [4.78, 5) is 39.4. The number of urea groups is 1. The first-order chi connectivity index (χ1) is 13.8. The molecule has 1 atom stereocenters. The molecule has 1 fully saturated rings. The molecule has 6 nitrogen and oxygen atoms in total. The fourth-order valence-corrected chi connectivity index (χ4v) is 3.91. The minimum atomic E-state index is -1.17. The van der Waals surface area contributed by atoms with E-state index in [1.165, 1.54) is 0 Å². The number of amides is 4. The van der Waals surface area contributed by atoms with Crippen molar-refractivity contribution in [3.8, 4) is 0 Å². The van der Waals surface area contributed by atoms with E-state index < -0.39 is 17.5 Å². The molecule has 3 rings (SSSR count). The van der Waals surface area contributed by atoms with Gasteiger partial charge < -0.3 is 10.6 Å². The number of carbonyl (C=O) groups excluding carboxylic acids is 3.